The van der Waals surface area contributed by atoms with Gasteiger partial charge in [0, 0.05) is 32.6 Å². The van der Waals surface area contributed by atoms with E-state index in [-0.39, 0.29) is 35.8 Å². The van der Waals surface area contributed by atoms with Crippen LogP contribution in [0.5, 0.6) is 0 Å². The Morgan fingerprint density at radius 2 is 1.62 bits per heavy atom. The number of hydrogen-bond donors (Lipinski definition) is 0. The molecule has 0 aromatic rings. The Kier molecular flexibility index (Phi) is 6.45. The molecule has 0 aromatic heterocycles. The predicted molar refractivity (Wildman–Crippen MR) is 123 cm³/mol. The third kappa shape index (κ3) is 3.89. The van der Waals surface area contributed by atoms with Crippen LogP contribution in [0.2, 0.25) is 0 Å². The maximum absolute atomic E-state index is 13.4. The van der Waals surface area contributed by atoms with E-state index in [9.17, 15) is 19.2 Å². The van der Waals surface area contributed by atoms with Gasteiger partial charge in [-0.15, -0.1) is 0 Å². The summed E-state index contributed by atoms with van der Waals surface area (Å²) >= 11 is 0. The van der Waals surface area contributed by atoms with Crippen LogP contribution in [0.15, 0.2) is 11.6 Å². The SMILES string of the molecule is CC(=O)OCC(=O)[C@@]1(OC(C)=O)CC[C@H]2[C@H]3CC=C4C[C@@H](OC(C)=O)CC[C@]4(C)[C@H]3CC[C@@]21C. The highest BCUT2D eigenvalue weighted by molar-refractivity contribution is 5.93. The minimum Gasteiger partial charge on any atom is -0.462 e. The average Bonchev–Trinajstić information content (AvgIpc) is 3.04. The fourth-order valence-corrected chi connectivity index (χ4v) is 8.17. The van der Waals surface area contributed by atoms with E-state index >= 15 is 0 Å². The number of Topliss-reactive ketones (excluding diaryl/α,β-unsaturated/α-hetero) is 1. The highest BCUT2D eigenvalue weighted by atomic mass is 16.6. The topological polar surface area (TPSA) is 96.0 Å². The molecule has 0 heterocycles. The molecular formula is C27H38O7. The van der Waals surface area contributed by atoms with Crippen molar-refractivity contribution < 1.29 is 33.4 Å². The maximum atomic E-state index is 13.4. The molecule has 7 atom stereocenters. The molecule has 0 aliphatic heterocycles. The van der Waals surface area contributed by atoms with Crippen LogP contribution in [0.25, 0.3) is 0 Å². The lowest BCUT2D eigenvalue weighted by Gasteiger charge is -2.59. The molecule has 0 bridgehead atoms. The first-order valence-corrected chi connectivity index (χ1v) is 12.7. The van der Waals surface area contributed by atoms with Gasteiger partial charge in [-0.2, -0.15) is 0 Å². The molecule has 4 aliphatic carbocycles. The van der Waals surface area contributed by atoms with Crippen LogP contribution in [-0.2, 0) is 33.4 Å². The van der Waals surface area contributed by atoms with Crippen molar-refractivity contribution in [3.63, 3.8) is 0 Å². The van der Waals surface area contributed by atoms with Gasteiger partial charge in [-0.1, -0.05) is 25.5 Å². The molecule has 4 rings (SSSR count). The van der Waals surface area contributed by atoms with Crippen molar-refractivity contribution in [2.24, 2.45) is 28.6 Å². The Balaban J connectivity index is 1.62. The summed E-state index contributed by atoms with van der Waals surface area (Å²) in [5.74, 6) is -0.382. The summed E-state index contributed by atoms with van der Waals surface area (Å²) in [6.45, 7) is 8.20. The van der Waals surface area contributed by atoms with E-state index < -0.39 is 23.0 Å². The second-order valence-electron chi connectivity index (χ2n) is 11.4. The van der Waals surface area contributed by atoms with Crippen molar-refractivity contribution in [2.45, 2.75) is 97.7 Å². The molecular weight excluding hydrogens is 436 g/mol. The Morgan fingerprint density at radius 3 is 2.26 bits per heavy atom. The molecule has 0 spiro atoms. The lowest BCUT2D eigenvalue weighted by molar-refractivity contribution is -0.190. The van der Waals surface area contributed by atoms with Gasteiger partial charge in [0.2, 0.25) is 5.78 Å². The van der Waals surface area contributed by atoms with Crippen molar-refractivity contribution in [1.82, 2.24) is 0 Å². The van der Waals surface area contributed by atoms with Crippen molar-refractivity contribution in [3.05, 3.63) is 11.6 Å². The quantitative estimate of drug-likeness (QED) is 0.333. The minimum absolute atomic E-state index is 0.0378. The zero-order chi connectivity index (χ0) is 24.9. The summed E-state index contributed by atoms with van der Waals surface area (Å²) in [6, 6.07) is 0. The lowest BCUT2D eigenvalue weighted by atomic mass is 9.46. The molecule has 0 N–H and O–H groups in total. The molecule has 188 valence electrons. The largest absolute Gasteiger partial charge is 0.462 e. The number of allylic oxidation sites excluding steroid dienone is 1. The number of hydrogen-bond acceptors (Lipinski definition) is 7. The summed E-state index contributed by atoms with van der Waals surface area (Å²) in [7, 11) is 0. The van der Waals surface area contributed by atoms with Gasteiger partial charge in [-0.3, -0.25) is 19.2 Å². The number of esters is 3. The van der Waals surface area contributed by atoms with Crippen LogP contribution >= 0.6 is 0 Å². The second-order valence-corrected chi connectivity index (χ2v) is 11.4. The molecule has 7 nitrogen and oxygen atoms in total. The smallest absolute Gasteiger partial charge is 0.303 e. The summed E-state index contributed by atoms with van der Waals surface area (Å²) in [6.07, 6.45) is 8.93. The predicted octanol–water partition coefficient (Wildman–Crippen LogP) is 4.32. The van der Waals surface area contributed by atoms with Gasteiger partial charge in [-0.05, 0) is 68.1 Å². The molecule has 3 saturated carbocycles. The van der Waals surface area contributed by atoms with E-state index in [1.807, 2.05) is 0 Å². The fourth-order valence-electron chi connectivity index (χ4n) is 8.17. The number of fused-ring (bicyclic) bond motifs is 5. The van der Waals surface area contributed by atoms with E-state index in [1.54, 1.807) is 0 Å². The van der Waals surface area contributed by atoms with Crippen LogP contribution in [0.3, 0.4) is 0 Å². The fraction of sp³-hybridized carbons (Fsp3) is 0.778. The Hall–Kier alpha value is -2.18. The molecule has 7 heteroatoms. The van der Waals surface area contributed by atoms with E-state index in [2.05, 4.69) is 19.9 Å². The van der Waals surface area contributed by atoms with Gasteiger partial charge >= 0.3 is 17.9 Å². The van der Waals surface area contributed by atoms with Gasteiger partial charge in [0.1, 0.15) is 6.10 Å². The molecule has 3 fully saturated rings. The molecule has 0 saturated heterocycles. The van der Waals surface area contributed by atoms with Crippen LogP contribution in [-0.4, -0.2) is 42.0 Å². The molecule has 0 amide bonds. The zero-order valence-electron chi connectivity index (χ0n) is 21.1. The lowest BCUT2D eigenvalue weighted by Crippen LogP contribution is -2.59. The van der Waals surface area contributed by atoms with E-state index in [0.717, 1.165) is 44.9 Å². The highest BCUT2D eigenvalue weighted by Gasteiger charge is 2.68. The minimum atomic E-state index is -1.25. The van der Waals surface area contributed by atoms with E-state index in [0.29, 0.717) is 18.3 Å². The number of ketones is 1. The summed E-state index contributed by atoms with van der Waals surface area (Å²) in [4.78, 5) is 48.5. The first-order valence-electron chi connectivity index (χ1n) is 12.7. The number of carbonyl (C=O) groups excluding carboxylic acids is 4. The second kappa shape index (κ2) is 8.80. The van der Waals surface area contributed by atoms with E-state index in [4.69, 9.17) is 14.2 Å². The number of carbonyl (C=O) groups is 4. The average molecular weight is 475 g/mol. The van der Waals surface area contributed by atoms with Crippen molar-refractivity contribution in [2.75, 3.05) is 6.61 Å². The molecule has 4 aliphatic rings. The third-order valence-corrected chi connectivity index (χ3v) is 9.69. The standard InChI is InChI=1S/C27H38O7/c1-16(28)32-15-24(31)27(34-18(3)30)13-10-23-21-7-6-19-14-20(33-17(2)29)8-11-25(19,4)22(21)9-12-26(23,27)5/h6,20-23H,7-15H2,1-5H3/t20-,21-,22-,23-,25-,26-,27-/m0/s1. The van der Waals surface area contributed by atoms with Gasteiger partial charge in [0.15, 0.2) is 12.2 Å². The molecule has 0 unspecified atom stereocenters. The summed E-state index contributed by atoms with van der Waals surface area (Å²) in [5, 5.41) is 0. The third-order valence-electron chi connectivity index (χ3n) is 9.69. The van der Waals surface area contributed by atoms with Crippen molar-refractivity contribution >= 4 is 23.7 Å². The number of ether oxygens (including phenoxy) is 3. The van der Waals surface area contributed by atoms with Gasteiger partial charge in [0.25, 0.3) is 0 Å². The summed E-state index contributed by atoms with van der Waals surface area (Å²) < 4.78 is 16.5. The zero-order valence-corrected chi connectivity index (χ0v) is 21.1. The van der Waals surface area contributed by atoms with Crippen LogP contribution in [0.1, 0.15) is 86.0 Å². The highest BCUT2D eigenvalue weighted by Crippen LogP contribution is 2.68. The molecule has 0 radical (unpaired) electrons. The van der Waals surface area contributed by atoms with Crippen LogP contribution in [0.4, 0.5) is 0 Å². The summed E-state index contributed by atoms with van der Waals surface area (Å²) in [5.41, 5.74) is -0.268. The van der Waals surface area contributed by atoms with Crippen LogP contribution in [0, 0.1) is 28.6 Å². The Labute approximate surface area is 202 Å². The number of rotatable bonds is 5. The maximum Gasteiger partial charge on any atom is 0.303 e. The van der Waals surface area contributed by atoms with Gasteiger partial charge in [0.05, 0.1) is 0 Å². The van der Waals surface area contributed by atoms with Gasteiger partial charge < -0.3 is 14.2 Å². The van der Waals surface area contributed by atoms with E-state index in [1.165, 1.54) is 26.3 Å². The molecule has 0 aromatic carbocycles. The van der Waals surface area contributed by atoms with Gasteiger partial charge in [-0.25, -0.2) is 0 Å². The Morgan fingerprint density at radius 1 is 0.912 bits per heavy atom. The Bertz CT molecular complexity index is 922. The first kappa shape index (κ1) is 24.9. The van der Waals surface area contributed by atoms with Crippen LogP contribution < -0.4 is 0 Å². The van der Waals surface area contributed by atoms with Crippen molar-refractivity contribution in [3.8, 4) is 0 Å². The molecule has 34 heavy (non-hydrogen) atoms. The monoisotopic (exact) mass is 474 g/mol. The first-order chi connectivity index (χ1) is 15.9. The van der Waals surface area contributed by atoms with Crippen molar-refractivity contribution in [1.29, 1.82) is 0 Å². The normalized spacial score (nSPS) is 40.7.